The van der Waals surface area contributed by atoms with Gasteiger partial charge in [-0.25, -0.2) is 0 Å². The van der Waals surface area contributed by atoms with Crippen LogP contribution in [0.5, 0.6) is 5.75 Å². The van der Waals surface area contributed by atoms with Crippen molar-refractivity contribution in [3.05, 3.63) is 59.9 Å². The summed E-state index contributed by atoms with van der Waals surface area (Å²) in [6, 6.07) is 11.1. The highest BCUT2D eigenvalue weighted by Crippen LogP contribution is 2.23. The molecule has 0 fully saturated rings. The molecule has 0 saturated heterocycles. The van der Waals surface area contributed by atoms with E-state index in [1.807, 2.05) is 43.3 Å². The van der Waals surface area contributed by atoms with Crippen molar-refractivity contribution >= 4 is 5.97 Å². The summed E-state index contributed by atoms with van der Waals surface area (Å²) >= 11 is 0. The summed E-state index contributed by atoms with van der Waals surface area (Å²) in [5.41, 5.74) is 1.94. The number of hydrogen-bond acceptors (Lipinski definition) is 4. The van der Waals surface area contributed by atoms with Gasteiger partial charge in [-0.3, -0.25) is 9.78 Å². The normalized spacial score (nSPS) is 13.4. The Morgan fingerprint density at radius 3 is 2.55 bits per heavy atom. The summed E-state index contributed by atoms with van der Waals surface area (Å²) < 4.78 is 5.15. The molecule has 1 aromatic carbocycles. The van der Waals surface area contributed by atoms with Crippen LogP contribution in [0.2, 0.25) is 0 Å². The fraction of sp³-hybridized carbons (Fsp3) is 0.294. The Balaban J connectivity index is 2.13. The maximum Gasteiger partial charge on any atom is 0.305 e. The number of carbonyl (C=O) groups is 1. The second-order valence-electron chi connectivity index (χ2n) is 5.10. The third kappa shape index (κ3) is 4.30. The molecular weight excluding hydrogens is 280 g/mol. The van der Waals surface area contributed by atoms with Crippen LogP contribution in [0.25, 0.3) is 0 Å². The smallest absolute Gasteiger partial charge is 0.305 e. The summed E-state index contributed by atoms with van der Waals surface area (Å²) in [5.74, 6) is -0.0476. The maximum atomic E-state index is 11.1. The summed E-state index contributed by atoms with van der Waals surface area (Å²) in [6.45, 7) is 2.01. The lowest BCUT2D eigenvalue weighted by molar-refractivity contribution is -0.137. The third-order valence-corrected chi connectivity index (χ3v) is 3.53. The van der Waals surface area contributed by atoms with Crippen molar-refractivity contribution in [3.63, 3.8) is 0 Å². The number of pyridine rings is 1. The summed E-state index contributed by atoms with van der Waals surface area (Å²) in [5, 5.41) is 12.5. The zero-order valence-corrected chi connectivity index (χ0v) is 12.7. The van der Waals surface area contributed by atoms with E-state index in [4.69, 9.17) is 9.84 Å². The van der Waals surface area contributed by atoms with E-state index in [1.165, 1.54) is 0 Å². The van der Waals surface area contributed by atoms with Gasteiger partial charge in [0.1, 0.15) is 5.75 Å². The van der Waals surface area contributed by atoms with Crippen LogP contribution < -0.4 is 10.1 Å². The van der Waals surface area contributed by atoms with E-state index in [2.05, 4.69) is 10.3 Å². The fourth-order valence-electron chi connectivity index (χ4n) is 2.32. The Kier molecular flexibility index (Phi) is 5.49. The Morgan fingerprint density at radius 2 is 2.00 bits per heavy atom. The number of nitrogens with one attached hydrogen (secondary N) is 1. The average molecular weight is 300 g/mol. The van der Waals surface area contributed by atoms with Crippen LogP contribution in [0, 0.1) is 0 Å². The summed E-state index contributed by atoms with van der Waals surface area (Å²) in [6.07, 6.45) is 3.38. The molecule has 0 aliphatic carbocycles. The molecule has 2 N–H and O–H groups in total. The number of carboxylic acid groups (broad SMARTS) is 1. The highest BCUT2D eigenvalue weighted by atomic mass is 16.5. The number of ether oxygens (including phenoxy) is 1. The molecule has 5 nitrogen and oxygen atoms in total. The molecule has 0 saturated carbocycles. The van der Waals surface area contributed by atoms with E-state index in [0.29, 0.717) is 0 Å². The van der Waals surface area contributed by atoms with Crippen molar-refractivity contribution in [1.29, 1.82) is 0 Å². The highest BCUT2D eigenvalue weighted by Gasteiger charge is 2.18. The third-order valence-electron chi connectivity index (χ3n) is 3.53. The molecule has 2 aromatic rings. The Morgan fingerprint density at radius 1 is 1.27 bits per heavy atom. The monoisotopic (exact) mass is 300 g/mol. The number of methoxy groups -OCH3 is 1. The van der Waals surface area contributed by atoms with Gasteiger partial charge in [0.2, 0.25) is 0 Å². The molecule has 0 amide bonds. The summed E-state index contributed by atoms with van der Waals surface area (Å²) in [4.78, 5) is 15.2. The first-order chi connectivity index (χ1) is 10.6. The number of rotatable bonds is 7. The first-order valence-electron chi connectivity index (χ1n) is 7.12. The molecule has 1 aromatic heterocycles. The second kappa shape index (κ2) is 7.56. The van der Waals surface area contributed by atoms with E-state index in [1.54, 1.807) is 19.5 Å². The Labute approximate surface area is 130 Å². The number of carboxylic acids is 1. The van der Waals surface area contributed by atoms with Crippen LogP contribution in [0.4, 0.5) is 0 Å². The lowest BCUT2D eigenvalue weighted by Crippen LogP contribution is -2.26. The van der Waals surface area contributed by atoms with E-state index in [0.717, 1.165) is 16.9 Å². The zero-order valence-electron chi connectivity index (χ0n) is 12.7. The SMILES string of the molecule is COc1ccc(C(C)NC(CC(=O)O)c2cccnc2)cc1. The quantitative estimate of drug-likeness (QED) is 0.822. The van der Waals surface area contributed by atoms with Gasteiger partial charge in [-0.15, -0.1) is 0 Å². The van der Waals surface area contributed by atoms with Gasteiger partial charge in [0.25, 0.3) is 0 Å². The van der Waals surface area contributed by atoms with Crippen LogP contribution >= 0.6 is 0 Å². The predicted molar refractivity (Wildman–Crippen MR) is 83.8 cm³/mol. The van der Waals surface area contributed by atoms with Crippen LogP contribution in [0.1, 0.15) is 36.6 Å². The van der Waals surface area contributed by atoms with Gasteiger partial charge in [-0.2, -0.15) is 0 Å². The second-order valence-corrected chi connectivity index (χ2v) is 5.10. The fourth-order valence-corrected chi connectivity index (χ4v) is 2.32. The van der Waals surface area contributed by atoms with Gasteiger partial charge < -0.3 is 15.2 Å². The maximum absolute atomic E-state index is 11.1. The lowest BCUT2D eigenvalue weighted by atomic mass is 10.0. The molecular formula is C17H20N2O3. The molecule has 116 valence electrons. The number of aliphatic carboxylic acids is 1. The molecule has 0 aliphatic rings. The van der Waals surface area contributed by atoms with Crippen LogP contribution in [0.3, 0.4) is 0 Å². The average Bonchev–Trinajstić information content (AvgIpc) is 2.54. The van der Waals surface area contributed by atoms with Gasteiger partial charge in [0, 0.05) is 24.5 Å². The van der Waals surface area contributed by atoms with Gasteiger partial charge in [0.05, 0.1) is 13.5 Å². The van der Waals surface area contributed by atoms with Crippen molar-refractivity contribution in [2.45, 2.75) is 25.4 Å². The van der Waals surface area contributed by atoms with Crippen molar-refractivity contribution in [2.75, 3.05) is 7.11 Å². The highest BCUT2D eigenvalue weighted by molar-refractivity contribution is 5.67. The first-order valence-corrected chi connectivity index (χ1v) is 7.12. The lowest BCUT2D eigenvalue weighted by Gasteiger charge is -2.23. The molecule has 5 heteroatoms. The topological polar surface area (TPSA) is 71.5 Å². The molecule has 22 heavy (non-hydrogen) atoms. The Hall–Kier alpha value is -2.40. The minimum atomic E-state index is -0.844. The zero-order chi connectivity index (χ0) is 15.9. The predicted octanol–water partition coefficient (Wildman–Crippen LogP) is 2.96. The molecule has 0 aliphatic heterocycles. The first kappa shape index (κ1) is 16.0. The van der Waals surface area contributed by atoms with E-state index >= 15 is 0 Å². The molecule has 1 heterocycles. The molecule has 2 atom stereocenters. The van der Waals surface area contributed by atoms with Gasteiger partial charge in [-0.1, -0.05) is 18.2 Å². The van der Waals surface area contributed by atoms with Crippen molar-refractivity contribution in [3.8, 4) is 5.75 Å². The molecule has 0 spiro atoms. The summed E-state index contributed by atoms with van der Waals surface area (Å²) in [7, 11) is 1.63. The number of nitrogens with zero attached hydrogens (tertiary/aromatic N) is 1. The van der Waals surface area contributed by atoms with Crippen LogP contribution in [0.15, 0.2) is 48.8 Å². The van der Waals surface area contributed by atoms with Crippen molar-refractivity contribution in [1.82, 2.24) is 10.3 Å². The minimum absolute atomic E-state index is 0.00614. The van der Waals surface area contributed by atoms with Crippen molar-refractivity contribution < 1.29 is 14.6 Å². The van der Waals surface area contributed by atoms with E-state index in [9.17, 15) is 4.79 Å². The van der Waals surface area contributed by atoms with E-state index in [-0.39, 0.29) is 18.5 Å². The van der Waals surface area contributed by atoms with Gasteiger partial charge in [-0.05, 0) is 36.2 Å². The van der Waals surface area contributed by atoms with Crippen molar-refractivity contribution in [2.24, 2.45) is 0 Å². The molecule has 2 rings (SSSR count). The molecule has 2 unspecified atom stereocenters. The largest absolute Gasteiger partial charge is 0.497 e. The van der Waals surface area contributed by atoms with E-state index < -0.39 is 5.97 Å². The van der Waals surface area contributed by atoms with Gasteiger partial charge in [0.15, 0.2) is 0 Å². The Bertz CT molecular complexity index is 599. The molecule has 0 bridgehead atoms. The number of benzene rings is 1. The number of hydrogen-bond donors (Lipinski definition) is 2. The number of aromatic nitrogens is 1. The minimum Gasteiger partial charge on any atom is -0.497 e. The van der Waals surface area contributed by atoms with Gasteiger partial charge >= 0.3 is 5.97 Å². The molecule has 0 radical (unpaired) electrons. The van der Waals surface area contributed by atoms with Crippen LogP contribution in [-0.4, -0.2) is 23.2 Å². The standard InChI is InChI=1S/C17H20N2O3/c1-12(13-5-7-15(22-2)8-6-13)19-16(10-17(20)21)14-4-3-9-18-11-14/h3-9,11-12,16,19H,10H2,1-2H3,(H,20,21). The van der Waals surface area contributed by atoms with Crippen LogP contribution in [-0.2, 0) is 4.79 Å².